The highest BCUT2D eigenvalue weighted by Crippen LogP contribution is 2.30. The first-order valence-corrected chi connectivity index (χ1v) is 4.23. The van der Waals surface area contributed by atoms with Gasteiger partial charge in [-0.15, -0.1) is 0 Å². The van der Waals surface area contributed by atoms with Gasteiger partial charge in [0.05, 0.1) is 12.7 Å². The first kappa shape index (κ1) is 12.3. The normalized spacial score (nSPS) is 11.1. The Kier molecular flexibility index (Phi) is 3.36. The molecule has 7 heteroatoms. The van der Waals surface area contributed by atoms with Gasteiger partial charge < -0.3 is 10.1 Å². The molecule has 88 valence electrons. The predicted octanol–water partition coefficient (Wildman–Crippen LogP) is 1.47. The summed E-state index contributed by atoms with van der Waals surface area (Å²) in [6.45, 7) is 0. The zero-order valence-corrected chi connectivity index (χ0v) is 8.55. The van der Waals surface area contributed by atoms with Gasteiger partial charge in [-0.3, -0.25) is 9.78 Å². The van der Waals surface area contributed by atoms with Crippen LogP contribution < -0.4 is 10.1 Å². The minimum absolute atomic E-state index is 0.0435. The number of carbonyl (C=O) groups is 1. The Hall–Kier alpha value is -1.79. The SMILES string of the molecule is CNC(=O)c1cnc(C(F)(F)F)cc1OC. The van der Waals surface area contributed by atoms with E-state index in [2.05, 4.69) is 10.3 Å². The Morgan fingerprint density at radius 2 is 2.12 bits per heavy atom. The van der Waals surface area contributed by atoms with Gasteiger partial charge in [-0.25, -0.2) is 0 Å². The molecule has 0 aromatic carbocycles. The molecule has 0 spiro atoms. The number of nitrogens with one attached hydrogen (secondary N) is 1. The minimum Gasteiger partial charge on any atom is -0.496 e. The summed E-state index contributed by atoms with van der Waals surface area (Å²) >= 11 is 0. The van der Waals surface area contributed by atoms with Crippen LogP contribution in [-0.2, 0) is 6.18 Å². The lowest BCUT2D eigenvalue weighted by Crippen LogP contribution is -2.20. The van der Waals surface area contributed by atoms with E-state index in [1.165, 1.54) is 14.2 Å². The third-order valence-electron chi connectivity index (χ3n) is 1.85. The van der Waals surface area contributed by atoms with E-state index in [9.17, 15) is 18.0 Å². The molecule has 4 nitrogen and oxygen atoms in total. The quantitative estimate of drug-likeness (QED) is 0.843. The Balaban J connectivity index is 3.22. The van der Waals surface area contributed by atoms with E-state index in [1.807, 2.05) is 0 Å². The highest BCUT2D eigenvalue weighted by molar-refractivity contribution is 5.96. The number of ether oxygens (including phenoxy) is 1. The molecule has 0 aliphatic carbocycles. The van der Waals surface area contributed by atoms with Crippen molar-refractivity contribution in [3.8, 4) is 5.75 Å². The Morgan fingerprint density at radius 3 is 2.56 bits per heavy atom. The van der Waals surface area contributed by atoms with Gasteiger partial charge in [-0.05, 0) is 0 Å². The number of pyridine rings is 1. The van der Waals surface area contributed by atoms with Crippen molar-refractivity contribution >= 4 is 5.91 Å². The number of halogens is 3. The Morgan fingerprint density at radius 1 is 1.50 bits per heavy atom. The molecule has 1 heterocycles. The lowest BCUT2D eigenvalue weighted by molar-refractivity contribution is -0.141. The molecular weight excluding hydrogens is 225 g/mol. The molecule has 0 atom stereocenters. The lowest BCUT2D eigenvalue weighted by atomic mass is 10.2. The number of hydrogen-bond donors (Lipinski definition) is 1. The first-order chi connectivity index (χ1) is 7.40. The van der Waals surface area contributed by atoms with E-state index in [-0.39, 0.29) is 11.3 Å². The van der Waals surface area contributed by atoms with Gasteiger partial charge >= 0.3 is 6.18 Å². The maximum Gasteiger partial charge on any atom is 0.433 e. The molecule has 0 radical (unpaired) electrons. The number of aromatic nitrogens is 1. The van der Waals surface area contributed by atoms with Crippen molar-refractivity contribution < 1.29 is 22.7 Å². The highest BCUT2D eigenvalue weighted by Gasteiger charge is 2.33. The summed E-state index contributed by atoms with van der Waals surface area (Å²) < 4.78 is 41.6. The number of alkyl halides is 3. The van der Waals surface area contributed by atoms with E-state index < -0.39 is 17.8 Å². The third kappa shape index (κ3) is 2.41. The van der Waals surface area contributed by atoms with E-state index >= 15 is 0 Å². The van der Waals surface area contributed by atoms with Crippen LogP contribution in [0.1, 0.15) is 16.1 Å². The van der Waals surface area contributed by atoms with Gasteiger partial charge in [-0.2, -0.15) is 13.2 Å². The van der Waals surface area contributed by atoms with Crippen molar-refractivity contribution in [1.82, 2.24) is 10.3 Å². The fraction of sp³-hybridized carbons (Fsp3) is 0.333. The van der Waals surface area contributed by atoms with Crippen LogP contribution >= 0.6 is 0 Å². The van der Waals surface area contributed by atoms with Crippen molar-refractivity contribution in [3.63, 3.8) is 0 Å². The van der Waals surface area contributed by atoms with E-state index in [0.29, 0.717) is 6.07 Å². The molecule has 0 unspecified atom stereocenters. The summed E-state index contributed by atoms with van der Waals surface area (Å²) in [5.41, 5.74) is -1.14. The summed E-state index contributed by atoms with van der Waals surface area (Å²) in [4.78, 5) is 14.4. The summed E-state index contributed by atoms with van der Waals surface area (Å²) in [5.74, 6) is -0.722. The summed E-state index contributed by atoms with van der Waals surface area (Å²) in [6, 6.07) is 0.685. The van der Waals surface area contributed by atoms with Crippen molar-refractivity contribution in [2.45, 2.75) is 6.18 Å². The van der Waals surface area contributed by atoms with Crippen LogP contribution in [0.5, 0.6) is 5.75 Å². The average molecular weight is 234 g/mol. The second kappa shape index (κ2) is 4.38. The number of nitrogens with zero attached hydrogens (tertiary/aromatic N) is 1. The van der Waals surface area contributed by atoms with Gasteiger partial charge in [0.2, 0.25) is 0 Å². The van der Waals surface area contributed by atoms with Crippen LogP contribution in [0.25, 0.3) is 0 Å². The maximum absolute atomic E-state index is 12.3. The fourth-order valence-electron chi connectivity index (χ4n) is 1.07. The molecule has 0 aliphatic heterocycles. The molecule has 1 aromatic heterocycles. The molecule has 0 aliphatic rings. The Bertz CT molecular complexity index is 404. The van der Waals surface area contributed by atoms with Gasteiger partial charge in [0.25, 0.3) is 5.91 Å². The fourth-order valence-corrected chi connectivity index (χ4v) is 1.07. The van der Waals surface area contributed by atoms with Crippen molar-refractivity contribution in [1.29, 1.82) is 0 Å². The van der Waals surface area contributed by atoms with Crippen LogP contribution in [0.2, 0.25) is 0 Å². The van der Waals surface area contributed by atoms with Crippen LogP contribution in [0.15, 0.2) is 12.3 Å². The molecule has 0 fully saturated rings. The monoisotopic (exact) mass is 234 g/mol. The van der Waals surface area contributed by atoms with Crippen LogP contribution in [0, 0.1) is 0 Å². The molecule has 1 rings (SSSR count). The topological polar surface area (TPSA) is 51.2 Å². The van der Waals surface area contributed by atoms with Crippen molar-refractivity contribution in [2.75, 3.05) is 14.2 Å². The standard InChI is InChI=1S/C9H9F3N2O2/c1-13-8(15)5-4-14-7(9(10,11)12)3-6(5)16-2/h3-4H,1-2H3,(H,13,15). The molecule has 0 saturated heterocycles. The lowest BCUT2D eigenvalue weighted by Gasteiger charge is -2.10. The largest absolute Gasteiger partial charge is 0.496 e. The van der Waals surface area contributed by atoms with Crippen molar-refractivity contribution in [2.24, 2.45) is 0 Å². The maximum atomic E-state index is 12.3. The minimum atomic E-state index is -4.56. The molecule has 0 saturated carbocycles. The van der Waals surface area contributed by atoms with Gasteiger partial charge in [0.15, 0.2) is 0 Å². The van der Waals surface area contributed by atoms with Crippen LogP contribution in [-0.4, -0.2) is 25.0 Å². The zero-order chi connectivity index (χ0) is 12.3. The van der Waals surface area contributed by atoms with Gasteiger partial charge in [0, 0.05) is 19.3 Å². The number of rotatable bonds is 2. The second-order valence-corrected chi connectivity index (χ2v) is 2.85. The molecular formula is C9H9F3N2O2. The third-order valence-corrected chi connectivity index (χ3v) is 1.85. The van der Waals surface area contributed by atoms with Gasteiger partial charge in [-0.1, -0.05) is 0 Å². The summed E-state index contributed by atoms with van der Waals surface area (Å²) in [6.07, 6.45) is -3.73. The zero-order valence-electron chi connectivity index (χ0n) is 8.55. The van der Waals surface area contributed by atoms with E-state index in [0.717, 1.165) is 6.20 Å². The van der Waals surface area contributed by atoms with E-state index in [1.54, 1.807) is 0 Å². The average Bonchev–Trinajstić information content (AvgIpc) is 2.26. The number of methoxy groups -OCH3 is 1. The number of amides is 1. The molecule has 1 amide bonds. The highest BCUT2D eigenvalue weighted by atomic mass is 19.4. The smallest absolute Gasteiger partial charge is 0.433 e. The van der Waals surface area contributed by atoms with E-state index in [4.69, 9.17) is 4.74 Å². The molecule has 1 N–H and O–H groups in total. The van der Waals surface area contributed by atoms with Gasteiger partial charge in [0.1, 0.15) is 11.4 Å². The Labute approximate surface area is 89.4 Å². The number of hydrogen-bond acceptors (Lipinski definition) is 3. The van der Waals surface area contributed by atoms with Crippen LogP contribution in [0.4, 0.5) is 13.2 Å². The second-order valence-electron chi connectivity index (χ2n) is 2.85. The summed E-state index contributed by atoms with van der Waals surface area (Å²) in [7, 11) is 2.54. The molecule has 1 aromatic rings. The first-order valence-electron chi connectivity index (χ1n) is 4.23. The molecule has 0 bridgehead atoms. The summed E-state index contributed by atoms with van der Waals surface area (Å²) in [5, 5.41) is 2.27. The van der Waals surface area contributed by atoms with Crippen LogP contribution in [0.3, 0.4) is 0 Å². The van der Waals surface area contributed by atoms with Crippen molar-refractivity contribution in [3.05, 3.63) is 23.5 Å². The number of carbonyl (C=O) groups excluding carboxylic acids is 1. The molecule has 16 heavy (non-hydrogen) atoms. The predicted molar refractivity (Wildman–Crippen MR) is 49.2 cm³/mol.